The van der Waals surface area contributed by atoms with E-state index in [1.165, 1.54) is 5.69 Å². The Morgan fingerprint density at radius 1 is 1.23 bits per heavy atom. The normalized spacial score (nSPS) is 18.9. The first kappa shape index (κ1) is 20.0. The Hall–Kier alpha value is -2.28. The molecule has 7 heteroatoms. The van der Waals surface area contributed by atoms with Gasteiger partial charge >= 0.3 is 12.0 Å². The average Bonchev–Trinajstić information content (AvgIpc) is 2.60. The second-order valence-corrected chi connectivity index (χ2v) is 6.79. The number of aliphatic carboxylic acids is 1. The van der Waals surface area contributed by atoms with E-state index in [1.807, 2.05) is 37.1 Å². The monoisotopic (exact) mass is 362 g/mol. The standard InChI is InChI=1S/C19H30N4O3/c1-3-23(14-18(24)25)17-12-15(13-17)21-19(26)20-10-7-11-22(2)16-8-5-4-6-9-16/h4-6,8-9,15,17H,3,7,10-14H2,1-2H3,(H,24,25)(H2,20,21,26). The number of carboxylic acids is 1. The summed E-state index contributed by atoms with van der Waals surface area (Å²) in [5.74, 6) is -0.804. The SMILES string of the molecule is CCN(CC(=O)O)C1CC(NC(=O)NCCCN(C)c2ccccc2)C1. The summed E-state index contributed by atoms with van der Waals surface area (Å²) in [7, 11) is 2.04. The lowest BCUT2D eigenvalue weighted by Crippen LogP contribution is -2.56. The summed E-state index contributed by atoms with van der Waals surface area (Å²) in [6, 6.07) is 10.4. The summed E-state index contributed by atoms with van der Waals surface area (Å²) in [5.41, 5.74) is 1.17. The number of carbonyl (C=O) groups is 2. The van der Waals surface area contributed by atoms with Crippen molar-refractivity contribution in [3.63, 3.8) is 0 Å². The van der Waals surface area contributed by atoms with Crippen LogP contribution in [-0.2, 0) is 4.79 Å². The molecule has 1 saturated carbocycles. The van der Waals surface area contributed by atoms with Crippen molar-refractivity contribution >= 4 is 17.7 Å². The van der Waals surface area contributed by atoms with Crippen LogP contribution >= 0.6 is 0 Å². The molecule has 0 spiro atoms. The highest BCUT2D eigenvalue weighted by Crippen LogP contribution is 2.25. The Morgan fingerprint density at radius 2 is 1.92 bits per heavy atom. The zero-order valence-electron chi connectivity index (χ0n) is 15.6. The highest BCUT2D eigenvalue weighted by Gasteiger charge is 2.34. The molecule has 0 atom stereocenters. The predicted molar refractivity (Wildman–Crippen MR) is 103 cm³/mol. The van der Waals surface area contributed by atoms with Gasteiger partial charge in [-0.3, -0.25) is 9.69 Å². The first-order valence-corrected chi connectivity index (χ1v) is 9.26. The number of hydrogen-bond acceptors (Lipinski definition) is 4. The third kappa shape index (κ3) is 6.22. The molecule has 2 amide bonds. The first-order valence-electron chi connectivity index (χ1n) is 9.26. The molecule has 26 heavy (non-hydrogen) atoms. The van der Waals surface area contributed by atoms with E-state index in [-0.39, 0.29) is 24.7 Å². The van der Waals surface area contributed by atoms with Gasteiger partial charge in [0.2, 0.25) is 0 Å². The highest BCUT2D eigenvalue weighted by atomic mass is 16.4. The van der Waals surface area contributed by atoms with E-state index in [0.29, 0.717) is 13.1 Å². The molecule has 1 aromatic carbocycles. The van der Waals surface area contributed by atoms with Crippen molar-refractivity contribution in [2.45, 2.75) is 38.3 Å². The van der Waals surface area contributed by atoms with Gasteiger partial charge in [-0.05, 0) is 37.9 Å². The van der Waals surface area contributed by atoms with Crippen molar-refractivity contribution < 1.29 is 14.7 Å². The lowest BCUT2D eigenvalue weighted by atomic mass is 9.85. The minimum absolute atomic E-state index is 0.0645. The molecule has 1 aliphatic carbocycles. The fraction of sp³-hybridized carbons (Fsp3) is 0.579. The molecule has 0 aliphatic heterocycles. The minimum Gasteiger partial charge on any atom is -0.480 e. The van der Waals surface area contributed by atoms with Crippen LogP contribution in [0, 0.1) is 0 Å². The molecular weight excluding hydrogens is 332 g/mol. The van der Waals surface area contributed by atoms with Crippen LogP contribution in [0.5, 0.6) is 0 Å². The van der Waals surface area contributed by atoms with Gasteiger partial charge in [0.25, 0.3) is 0 Å². The molecule has 0 heterocycles. The molecule has 1 aromatic rings. The molecule has 0 bridgehead atoms. The first-order chi connectivity index (χ1) is 12.5. The minimum atomic E-state index is -0.804. The second kappa shape index (κ2) is 10.0. The maximum atomic E-state index is 11.9. The molecule has 0 saturated heterocycles. The molecule has 1 fully saturated rings. The van der Waals surface area contributed by atoms with E-state index in [2.05, 4.69) is 27.7 Å². The Kier molecular flexibility index (Phi) is 7.72. The summed E-state index contributed by atoms with van der Waals surface area (Å²) in [6.45, 7) is 4.23. The summed E-state index contributed by atoms with van der Waals surface area (Å²) in [6.07, 6.45) is 2.49. The zero-order valence-corrected chi connectivity index (χ0v) is 15.6. The number of benzene rings is 1. The van der Waals surface area contributed by atoms with Crippen LogP contribution in [0.3, 0.4) is 0 Å². The number of rotatable bonds is 10. The van der Waals surface area contributed by atoms with E-state index in [9.17, 15) is 9.59 Å². The van der Waals surface area contributed by atoms with Crippen molar-refractivity contribution in [3.05, 3.63) is 30.3 Å². The molecule has 144 valence electrons. The van der Waals surface area contributed by atoms with E-state index >= 15 is 0 Å². The van der Waals surface area contributed by atoms with Gasteiger partial charge in [-0.25, -0.2) is 4.79 Å². The van der Waals surface area contributed by atoms with Crippen molar-refractivity contribution in [1.29, 1.82) is 0 Å². The summed E-state index contributed by atoms with van der Waals surface area (Å²) in [5, 5.41) is 14.8. The average molecular weight is 362 g/mol. The predicted octanol–water partition coefficient (Wildman–Crippen LogP) is 1.75. The number of para-hydroxylation sites is 1. The number of amides is 2. The number of carboxylic acid groups (broad SMARTS) is 1. The Bertz CT molecular complexity index is 575. The van der Waals surface area contributed by atoms with Crippen LogP contribution in [0.1, 0.15) is 26.2 Å². The van der Waals surface area contributed by atoms with Crippen LogP contribution < -0.4 is 15.5 Å². The van der Waals surface area contributed by atoms with Crippen molar-refractivity contribution in [2.75, 3.05) is 38.1 Å². The Balaban J connectivity index is 1.57. The lowest BCUT2D eigenvalue weighted by Gasteiger charge is -2.42. The summed E-state index contributed by atoms with van der Waals surface area (Å²) >= 11 is 0. The van der Waals surface area contributed by atoms with E-state index in [0.717, 1.165) is 25.8 Å². The number of carbonyl (C=O) groups excluding carboxylic acids is 1. The zero-order chi connectivity index (χ0) is 18.9. The molecule has 0 aromatic heterocycles. The molecule has 0 unspecified atom stereocenters. The number of nitrogens with one attached hydrogen (secondary N) is 2. The van der Waals surface area contributed by atoms with E-state index < -0.39 is 5.97 Å². The molecule has 0 radical (unpaired) electrons. The number of anilines is 1. The van der Waals surface area contributed by atoms with Gasteiger partial charge in [0.05, 0.1) is 6.54 Å². The highest BCUT2D eigenvalue weighted by molar-refractivity contribution is 5.74. The molecule has 1 aliphatic rings. The maximum Gasteiger partial charge on any atom is 0.317 e. The van der Waals surface area contributed by atoms with Crippen LogP contribution in [0.2, 0.25) is 0 Å². The van der Waals surface area contributed by atoms with Crippen LogP contribution in [-0.4, -0.2) is 67.3 Å². The largest absolute Gasteiger partial charge is 0.480 e. The Labute approximate surface area is 155 Å². The van der Waals surface area contributed by atoms with Crippen LogP contribution in [0.15, 0.2) is 30.3 Å². The van der Waals surface area contributed by atoms with Crippen molar-refractivity contribution in [1.82, 2.24) is 15.5 Å². The number of likely N-dealkylation sites (N-methyl/N-ethyl adjacent to an activating group) is 1. The summed E-state index contributed by atoms with van der Waals surface area (Å²) in [4.78, 5) is 26.9. The van der Waals surface area contributed by atoms with Crippen molar-refractivity contribution in [2.24, 2.45) is 0 Å². The Morgan fingerprint density at radius 3 is 2.54 bits per heavy atom. The number of urea groups is 1. The van der Waals surface area contributed by atoms with Crippen LogP contribution in [0.25, 0.3) is 0 Å². The van der Waals surface area contributed by atoms with E-state index in [1.54, 1.807) is 0 Å². The molecule has 3 N–H and O–H groups in total. The van der Waals surface area contributed by atoms with Gasteiger partial charge in [0.1, 0.15) is 0 Å². The van der Waals surface area contributed by atoms with Gasteiger partial charge in [0.15, 0.2) is 0 Å². The van der Waals surface area contributed by atoms with Crippen LogP contribution in [0.4, 0.5) is 10.5 Å². The third-order valence-corrected chi connectivity index (χ3v) is 4.86. The second-order valence-electron chi connectivity index (χ2n) is 6.79. The molecule has 7 nitrogen and oxygen atoms in total. The van der Waals surface area contributed by atoms with Gasteiger partial charge in [-0.15, -0.1) is 0 Å². The molecule has 2 rings (SSSR count). The third-order valence-electron chi connectivity index (χ3n) is 4.86. The fourth-order valence-corrected chi connectivity index (χ4v) is 3.24. The van der Waals surface area contributed by atoms with Gasteiger partial charge in [-0.1, -0.05) is 25.1 Å². The quantitative estimate of drug-likeness (QED) is 0.552. The summed E-state index contributed by atoms with van der Waals surface area (Å²) < 4.78 is 0. The fourth-order valence-electron chi connectivity index (χ4n) is 3.24. The van der Waals surface area contributed by atoms with Gasteiger partial charge in [-0.2, -0.15) is 0 Å². The van der Waals surface area contributed by atoms with E-state index in [4.69, 9.17) is 5.11 Å². The van der Waals surface area contributed by atoms with Gasteiger partial charge < -0.3 is 20.6 Å². The number of nitrogens with zero attached hydrogens (tertiary/aromatic N) is 2. The smallest absolute Gasteiger partial charge is 0.317 e. The lowest BCUT2D eigenvalue weighted by molar-refractivity contribution is -0.139. The molecular formula is C19H30N4O3. The topological polar surface area (TPSA) is 84.9 Å². The number of hydrogen-bond donors (Lipinski definition) is 3. The van der Waals surface area contributed by atoms with Crippen molar-refractivity contribution in [3.8, 4) is 0 Å². The maximum absolute atomic E-state index is 11.9. The van der Waals surface area contributed by atoms with Gasteiger partial charge in [0, 0.05) is 37.9 Å².